The number of carbonyl (C=O) groups excluding carboxylic acids is 1. The number of nitrogens with two attached hydrogens (primary N) is 1. The maximum Gasteiger partial charge on any atom is 0.218 e. The molecule has 0 aliphatic heterocycles. The zero-order chi connectivity index (χ0) is 17.6. The summed E-state index contributed by atoms with van der Waals surface area (Å²) in [6.45, 7) is 0. The first-order chi connectivity index (χ1) is 12.2. The van der Waals surface area contributed by atoms with Crippen LogP contribution in [0.25, 0.3) is 17.1 Å². The van der Waals surface area contributed by atoms with Gasteiger partial charge in [-0.1, -0.05) is 42.1 Å². The number of thioether (sulfide) groups is 1. The van der Waals surface area contributed by atoms with Crippen molar-refractivity contribution in [3.63, 3.8) is 0 Å². The second-order valence-electron chi connectivity index (χ2n) is 5.27. The Morgan fingerprint density at radius 3 is 2.68 bits per heavy atom. The van der Waals surface area contributed by atoms with Gasteiger partial charge in [0.1, 0.15) is 5.75 Å². The maximum atomic E-state index is 11.0. The van der Waals surface area contributed by atoms with E-state index in [-0.39, 0.29) is 5.91 Å². The van der Waals surface area contributed by atoms with Crippen molar-refractivity contribution in [2.45, 2.75) is 11.6 Å². The van der Waals surface area contributed by atoms with Crippen molar-refractivity contribution in [3.8, 4) is 22.8 Å². The first kappa shape index (κ1) is 17.0. The number of methoxy groups -OCH3 is 1. The van der Waals surface area contributed by atoms with Gasteiger partial charge in [-0.25, -0.2) is 0 Å². The van der Waals surface area contributed by atoms with Crippen LogP contribution in [-0.2, 0) is 4.79 Å². The number of hydrogen-bond donors (Lipinski definition) is 1. The molecule has 0 fully saturated rings. The molecule has 2 aromatic carbocycles. The minimum atomic E-state index is -0.328. The lowest BCUT2D eigenvalue weighted by Crippen LogP contribution is -2.11. The van der Waals surface area contributed by atoms with Crippen LogP contribution in [-0.4, -0.2) is 33.5 Å². The molecule has 25 heavy (non-hydrogen) atoms. The van der Waals surface area contributed by atoms with Gasteiger partial charge in [-0.3, -0.25) is 9.36 Å². The van der Waals surface area contributed by atoms with E-state index in [1.54, 1.807) is 7.11 Å². The van der Waals surface area contributed by atoms with E-state index in [4.69, 9.17) is 10.5 Å². The summed E-state index contributed by atoms with van der Waals surface area (Å²) < 4.78 is 7.28. The molecule has 3 aromatic rings. The molecule has 0 radical (unpaired) electrons. The van der Waals surface area contributed by atoms with E-state index < -0.39 is 0 Å². The number of aromatic nitrogens is 3. The molecule has 1 aromatic heterocycles. The zero-order valence-electron chi connectivity index (χ0n) is 13.8. The summed E-state index contributed by atoms with van der Waals surface area (Å²) in [5, 5.41) is 9.37. The number of primary amides is 1. The topological polar surface area (TPSA) is 83.0 Å². The van der Waals surface area contributed by atoms with Gasteiger partial charge in [0.15, 0.2) is 11.0 Å². The zero-order valence-corrected chi connectivity index (χ0v) is 14.6. The van der Waals surface area contributed by atoms with E-state index in [0.717, 1.165) is 17.0 Å². The average Bonchev–Trinajstić information content (AvgIpc) is 3.06. The van der Waals surface area contributed by atoms with Gasteiger partial charge in [0.2, 0.25) is 5.91 Å². The molecule has 0 saturated carbocycles. The van der Waals surface area contributed by atoms with Crippen molar-refractivity contribution in [1.82, 2.24) is 14.8 Å². The lowest BCUT2D eigenvalue weighted by Gasteiger charge is -2.10. The lowest BCUT2D eigenvalue weighted by atomic mass is 10.2. The van der Waals surface area contributed by atoms with Gasteiger partial charge in [-0.15, -0.1) is 10.2 Å². The van der Waals surface area contributed by atoms with Gasteiger partial charge in [0.05, 0.1) is 7.11 Å². The highest BCUT2D eigenvalue weighted by Crippen LogP contribution is 2.29. The van der Waals surface area contributed by atoms with Gasteiger partial charge in [0, 0.05) is 23.4 Å². The lowest BCUT2D eigenvalue weighted by molar-refractivity contribution is -0.117. The van der Waals surface area contributed by atoms with Crippen molar-refractivity contribution in [3.05, 3.63) is 54.6 Å². The second kappa shape index (κ2) is 7.85. The number of carbonyl (C=O) groups is 1. The molecule has 0 aliphatic rings. The van der Waals surface area contributed by atoms with Gasteiger partial charge < -0.3 is 10.5 Å². The number of rotatable bonds is 7. The van der Waals surface area contributed by atoms with E-state index in [1.807, 2.05) is 59.2 Å². The summed E-state index contributed by atoms with van der Waals surface area (Å²) in [5.74, 6) is 1.69. The molecule has 0 saturated heterocycles. The minimum absolute atomic E-state index is 0.292. The number of ether oxygens (including phenoxy) is 1. The number of hydrogen-bond acceptors (Lipinski definition) is 5. The Bertz CT molecular complexity index is 865. The highest BCUT2D eigenvalue weighted by Gasteiger charge is 2.16. The standard InChI is InChI=1S/C18H18N4O2S/c1-24-15-9-5-6-13(12-15)17-20-21-18(25-11-10-16(19)23)22(17)14-7-3-2-4-8-14/h2-9,12H,10-11H2,1H3,(H2,19,23). The quantitative estimate of drug-likeness (QED) is 0.660. The summed E-state index contributed by atoms with van der Waals surface area (Å²) in [6.07, 6.45) is 0.292. The van der Waals surface area contributed by atoms with E-state index in [9.17, 15) is 4.79 Å². The number of para-hydroxylation sites is 1. The minimum Gasteiger partial charge on any atom is -0.497 e. The van der Waals surface area contributed by atoms with Crippen LogP contribution in [0.2, 0.25) is 0 Å². The van der Waals surface area contributed by atoms with Gasteiger partial charge >= 0.3 is 0 Å². The van der Waals surface area contributed by atoms with Crippen molar-refractivity contribution in [2.75, 3.05) is 12.9 Å². The SMILES string of the molecule is COc1cccc(-c2nnc(SCCC(N)=O)n2-c2ccccc2)c1. The third-order valence-corrected chi connectivity index (χ3v) is 4.49. The Hall–Kier alpha value is -2.80. The van der Waals surface area contributed by atoms with Crippen LogP contribution in [0.3, 0.4) is 0 Å². The summed E-state index contributed by atoms with van der Waals surface area (Å²) in [5.41, 5.74) is 7.08. The largest absolute Gasteiger partial charge is 0.497 e. The molecule has 1 heterocycles. The molecule has 0 aliphatic carbocycles. The van der Waals surface area contributed by atoms with Crippen LogP contribution in [0.4, 0.5) is 0 Å². The van der Waals surface area contributed by atoms with Crippen LogP contribution >= 0.6 is 11.8 Å². The molecular formula is C18H18N4O2S. The third kappa shape index (κ3) is 4.00. The monoisotopic (exact) mass is 354 g/mol. The van der Waals surface area contributed by atoms with E-state index in [0.29, 0.717) is 23.2 Å². The van der Waals surface area contributed by atoms with Crippen LogP contribution in [0.5, 0.6) is 5.75 Å². The van der Waals surface area contributed by atoms with Crippen molar-refractivity contribution in [2.24, 2.45) is 5.73 Å². The van der Waals surface area contributed by atoms with Crippen molar-refractivity contribution >= 4 is 17.7 Å². The molecular weight excluding hydrogens is 336 g/mol. The fraction of sp³-hybridized carbons (Fsp3) is 0.167. The summed E-state index contributed by atoms with van der Waals surface area (Å²) >= 11 is 1.45. The van der Waals surface area contributed by atoms with E-state index in [1.165, 1.54) is 11.8 Å². The molecule has 0 unspecified atom stereocenters. The third-order valence-electron chi connectivity index (χ3n) is 3.56. The predicted molar refractivity (Wildman–Crippen MR) is 97.9 cm³/mol. The second-order valence-corrected chi connectivity index (χ2v) is 6.34. The van der Waals surface area contributed by atoms with Crippen molar-refractivity contribution in [1.29, 1.82) is 0 Å². The molecule has 7 heteroatoms. The fourth-order valence-electron chi connectivity index (χ4n) is 2.37. The molecule has 1 amide bonds. The first-order valence-electron chi connectivity index (χ1n) is 7.75. The molecule has 128 valence electrons. The summed E-state index contributed by atoms with van der Waals surface area (Å²) in [7, 11) is 1.63. The smallest absolute Gasteiger partial charge is 0.218 e. The van der Waals surface area contributed by atoms with Crippen LogP contribution < -0.4 is 10.5 Å². The van der Waals surface area contributed by atoms with E-state index in [2.05, 4.69) is 10.2 Å². The summed E-state index contributed by atoms with van der Waals surface area (Å²) in [4.78, 5) is 11.0. The highest BCUT2D eigenvalue weighted by atomic mass is 32.2. The molecule has 0 bridgehead atoms. The van der Waals surface area contributed by atoms with Gasteiger partial charge in [0.25, 0.3) is 0 Å². The molecule has 0 spiro atoms. The molecule has 6 nitrogen and oxygen atoms in total. The van der Waals surface area contributed by atoms with Crippen molar-refractivity contribution < 1.29 is 9.53 Å². The fourth-order valence-corrected chi connectivity index (χ4v) is 3.27. The molecule has 0 atom stereocenters. The Labute approximate surface area is 150 Å². The summed E-state index contributed by atoms with van der Waals surface area (Å²) in [6, 6.07) is 17.5. The maximum absolute atomic E-state index is 11.0. The molecule has 3 rings (SSSR count). The Morgan fingerprint density at radius 1 is 1.16 bits per heavy atom. The Kier molecular flexibility index (Phi) is 5.35. The Morgan fingerprint density at radius 2 is 1.96 bits per heavy atom. The van der Waals surface area contributed by atoms with Gasteiger partial charge in [-0.2, -0.15) is 0 Å². The van der Waals surface area contributed by atoms with E-state index >= 15 is 0 Å². The van der Waals surface area contributed by atoms with Crippen LogP contribution in [0.15, 0.2) is 59.8 Å². The highest BCUT2D eigenvalue weighted by molar-refractivity contribution is 7.99. The number of amides is 1. The van der Waals surface area contributed by atoms with Crippen LogP contribution in [0, 0.1) is 0 Å². The molecule has 2 N–H and O–H groups in total. The van der Waals surface area contributed by atoms with Gasteiger partial charge in [-0.05, 0) is 24.3 Å². The number of nitrogens with zero attached hydrogens (tertiary/aromatic N) is 3. The number of benzene rings is 2. The van der Waals surface area contributed by atoms with Crippen LogP contribution in [0.1, 0.15) is 6.42 Å². The first-order valence-corrected chi connectivity index (χ1v) is 8.74. The average molecular weight is 354 g/mol. The normalized spacial score (nSPS) is 10.6. The predicted octanol–water partition coefficient (Wildman–Crippen LogP) is 2.91. The Balaban J connectivity index is 2.03.